The molecule has 1 aliphatic heterocycles. The monoisotopic (exact) mass is 317 g/mol. The molecular weight excluding hydrogens is 286 g/mol. The van der Waals surface area contributed by atoms with Gasteiger partial charge >= 0.3 is 0 Å². The predicted molar refractivity (Wildman–Crippen MR) is 97.4 cm³/mol. The van der Waals surface area contributed by atoms with E-state index in [1.54, 1.807) is 0 Å². The van der Waals surface area contributed by atoms with Crippen LogP contribution in [0.1, 0.15) is 25.0 Å². The van der Waals surface area contributed by atoms with Crippen LogP contribution in [-0.4, -0.2) is 55.5 Å². The largest absolute Gasteiger partial charge is 0.370 e. The lowest BCUT2D eigenvalue weighted by Gasteiger charge is -2.32. The first-order valence-electron chi connectivity index (χ1n) is 8.55. The molecule has 5 nitrogen and oxygen atoms in total. The first kappa shape index (κ1) is 17.8. The van der Waals surface area contributed by atoms with Crippen molar-refractivity contribution in [3.8, 4) is 0 Å². The number of hydrogen-bond donors (Lipinski definition) is 2. The minimum atomic E-state index is 0.528. The SMILES string of the molecule is CC(C)CNC(N)=NCc1ccc(CN2CCN(C)CC2)cc1. The maximum absolute atomic E-state index is 5.86. The van der Waals surface area contributed by atoms with E-state index in [-0.39, 0.29) is 0 Å². The molecule has 0 aromatic heterocycles. The van der Waals surface area contributed by atoms with Crippen molar-refractivity contribution in [2.24, 2.45) is 16.6 Å². The van der Waals surface area contributed by atoms with Crippen LogP contribution in [0.15, 0.2) is 29.3 Å². The number of nitrogens with one attached hydrogen (secondary N) is 1. The number of nitrogens with zero attached hydrogens (tertiary/aromatic N) is 3. The Bertz CT molecular complexity index is 487. The van der Waals surface area contributed by atoms with E-state index in [1.807, 2.05) is 0 Å². The number of likely N-dealkylation sites (N-methyl/N-ethyl adjacent to an activating group) is 1. The second-order valence-electron chi connectivity index (χ2n) is 6.87. The maximum atomic E-state index is 5.86. The van der Waals surface area contributed by atoms with Gasteiger partial charge in [-0.1, -0.05) is 38.1 Å². The number of guanidine groups is 1. The lowest BCUT2D eigenvalue weighted by Crippen LogP contribution is -2.43. The fourth-order valence-corrected chi connectivity index (χ4v) is 2.56. The molecule has 0 bridgehead atoms. The third-order valence-corrected chi connectivity index (χ3v) is 4.15. The van der Waals surface area contributed by atoms with Crippen molar-refractivity contribution in [1.82, 2.24) is 15.1 Å². The average Bonchev–Trinajstić information content (AvgIpc) is 2.54. The van der Waals surface area contributed by atoms with Crippen LogP contribution >= 0.6 is 0 Å². The average molecular weight is 317 g/mol. The van der Waals surface area contributed by atoms with E-state index in [1.165, 1.54) is 11.1 Å². The Morgan fingerprint density at radius 2 is 1.74 bits per heavy atom. The van der Waals surface area contributed by atoms with Crippen LogP contribution in [0, 0.1) is 5.92 Å². The van der Waals surface area contributed by atoms with Crippen LogP contribution in [0.3, 0.4) is 0 Å². The molecule has 23 heavy (non-hydrogen) atoms. The summed E-state index contributed by atoms with van der Waals surface area (Å²) in [5.41, 5.74) is 8.43. The summed E-state index contributed by atoms with van der Waals surface area (Å²) in [7, 11) is 2.19. The standard InChI is InChI=1S/C18H31N5/c1-15(2)12-20-18(19)21-13-16-4-6-17(7-5-16)14-23-10-8-22(3)9-11-23/h4-7,15H,8-14H2,1-3H3,(H3,19,20,21). The summed E-state index contributed by atoms with van der Waals surface area (Å²) in [5, 5.41) is 3.14. The van der Waals surface area contributed by atoms with Crippen molar-refractivity contribution in [3.63, 3.8) is 0 Å². The highest BCUT2D eigenvalue weighted by atomic mass is 15.2. The highest BCUT2D eigenvalue weighted by Gasteiger charge is 2.13. The van der Waals surface area contributed by atoms with Gasteiger partial charge in [-0.2, -0.15) is 0 Å². The molecule has 0 radical (unpaired) electrons. The van der Waals surface area contributed by atoms with Gasteiger partial charge in [0, 0.05) is 39.3 Å². The highest BCUT2D eigenvalue weighted by Crippen LogP contribution is 2.10. The molecule has 1 aromatic carbocycles. The van der Waals surface area contributed by atoms with E-state index in [9.17, 15) is 0 Å². The highest BCUT2D eigenvalue weighted by molar-refractivity contribution is 5.77. The van der Waals surface area contributed by atoms with Gasteiger partial charge in [0.05, 0.1) is 6.54 Å². The molecule has 1 aliphatic rings. The van der Waals surface area contributed by atoms with Crippen LogP contribution in [0.2, 0.25) is 0 Å². The molecule has 2 rings (SSSR count). The zero-order valence-corrected chi connectivity index (χ0v) is 14.8. The minimum absolute atomic E-state index is 0.528. The van der Waals surface area contributed by atoms with Crippen molar-refractivity contribution in [1.29, 1.82) is 0 Å². The normalized spacial score (nSPS) is 17.7. The Kier molecular flexibility index (Phi) is 6.86. The van der Waals surface area contributed by atoms with Crippen molar-refractivity contribution < 1.29 is 0 Å². The first-order valence-corrected chi connectivity index (χ1v) is 8.55. The Balaban J connectivity index is 1.79. The number of nitrogens with two attached hydrogens (primary N) is 1. The lowest BCUT2D eigenvalue weighted by atomic mass is 10.1. The molecule has 1 aromatic rings. The Morgan fingerprint density at radius 1 is 1.13 bits per heavy atom. The van der Waals surface area contributed by atoms with E-state index in [2.05, 4.69) is 65.3 Å². The number of piperazine rings is 1. The zero-order valence-electron chi connectivity index (χ0n) is 14.8. The van der Waals surface area contributed by atoms with Gasteiger partial charge < -0.3 is 16.0 Å². The van der Waals surface area contributed by atoms with Crippen molar-refractivity contribution >= 4 is 5.96 Å². The fourth-order valence-electron chi connectivity index (χ4n) is 2.56. The number of hydrogen-bond acceptors (Lipinski definition) is 3. The second kappa shape index (κ2) is 8.89. The van der Waals surface area contributed by atoms with Crippen LogP contribution < -0.4 is 11.1 Å². The molecule has 1 heterocycles. The molecule has 128 valence electrons. The fraction of sp³-hybridized carbons (Fsp3) is 0.611. The molecule has 3 N–H and O–H groups in total. The van der Waals surface area contributed by atoms with E-state index in [4.69, 9.17) is 5.73 Å². The number of benzene rings is 1. The molecule has 0 amide bonds. The predicted octanol–water partition coefficient (Wildman–Crippen LogP) is 1.49. The quantitative estimate of drug-likeness (QED) is 0.617. The van der Waals surface area contributed by atoms with Crippen molar-refractivity contribution in [2.45, 2.75) is 26.9 Å². The number of rotatable bonds is 6. The van der Waals surface area contributed by atoms with E-state index in [0.29, 0.717) is 18.4 Å². The first-order chi connectivity index (χ1) is 11.0. The summed E-state index contributed by atoms with van der Waals surface area (Å²) in [5.74, 6) is 1.10. The van der Waals surface area contributed by atoms with Gasteiger partial charge in [-0.3, -0.25) is 4.90 Å². The van der Waals surface area contributed by atoms with Crippen LogP contribution in [-0.2, 0) is 13.1 Å². The van der Waals surface area contributed by atoms with E-state index >= 15 is 0 Å². The topological polar surface area (TPSA) is 56.9 Å². The molecule has 1 saturated heterocycles. The summed E-state index contributed by atoms with van der Waals surface area (Å²) in [6.07, 6.45) is 0. The van der Waals surface area contributed by atoms with Gasteiger partial charge in [-0.25, -0.2) is 4.99 Å². The maximum Gasteiger partial charge on any atom is 0.188 e. The third kappa shape index (κ3) is 6.59. The summed E-state index contributed by atoms with van der Waals surface area (Å²) in [6, 6.07) is 8.73. The zero-order chi connectivity index (χ0) is 16.7. The molecule has 0 saturated carbocycles. The van der Waals surface area contributed by atoms with Gasteiger partial charge in [-0.15, -0.1) is 0 Å². The Morgan fingerprint density at radius 3 is 2.35 bits per heavy atom. The number of aliphatic imine (C=N–C) groups is 1. The molecule has 0 aliphatic carbocycles. The van der Waals surface area contributed by atoms with Gasteiger partial charge in [0.1, 0.15) is 0 Å². The van der Waals surface area contributed by atoms with E-state index in [0.717, 1.165) is 39.3 Å². The minimum Gasteiger partial charge on any atom is -0.370 e. The van der Waals surface area contributed by atoms with Crippen LogP contribution in [0.4, 0.5) is 0 Å². The van der Waals surface area contributed by atoms with Crippen LogP contribution in [0.25, 0.3) is 0 Å². The van der Waals surface area contributed by atoms with E-state index < -0.39 is 0 Å². The van der Waals surface area contributed by atoms with Gasteiger partial charge in [0.15, 0.2) is 5.96 Å². The van der Waals surface area contributed by atoms with Gasteiger partial charge in [-0.05, 0) is 24.1 Å². The molecule has 5 heteroatoms. The summed E-state index contributed by atoms with van der Waals surface area (Å²) < 4.78 is 0. The third-order valence-electron chi connectivity index (χ3n) is 4.15. The second-order valence-corrected chi connectivity index (χ2v) is 6.87. The van der Waals surface area contributed by atoms with Gasteiger partial charge in [0.25, 0.3) is 0 Å². The molecular formula is C18H31N5. The molecule has 0 unspecified atom stereocenters. The Labute approximate surface area is 140 Å². The van der Waals surface area contributed by atoms with Crippen molar-refractivity contribution in [3.05, 3.63) is 35.4 Å². The summed E-state index contributed by atoms with van der Waals surface area (Å²) in [6.45, 7) is 11.5. The summed E-state index contributed by atoms with van der Waals surface area (Å²) in [4.78, 5) is 9.29. The Hall–Kier alpha value is -1.59. The summed E-state index contributed by atoms with van der Waals surface area (Å²) >= 11 is 0. The van der Waals surface area contributed by atoms with Crippen molar-refractivity contribution in [2.75, 3.05) is 39.8 Å². The smallest absolute Gasteiger partial charge is 0.188 e. The molecule has 1 fully saturated rings. The molecule has 0 atom stereocenters. The lowest BCUT2D eigenvalue weighted by molar-refractivity contribution is 0.148. The molecule has 0 spiro atoms. The van der Waals surface area contributed by atoms with Crippen LogP contribution in [0.5, 0.6) is 0 Å². The van der Waals surface area contributed by atoms with Gasteiger partial charge in [0.2, 0.25) is 0 Å².